The highest BCUT2D eigenvalue weighted by molar-refractivity contribution is 6.48. The number of aliphatic imine (C=N–C) groups is 1. The molecule has 0 saturated heterocycles. The summed E-state index contributed by atoms with van der Waals surface area (Å²) in [4.78, 5) is 4.22. The minimum Gasteiger partial charge on any atom is -0.284 e. The summed E-state index contributed by atoms with van der Waals surface area (Å²) in [6.07, 6.45) is 0. The molecule has 0 atom stereocenters. The van der Waals surface area contributed by atoms with Crippen LogP contribution in [0, 0.1) is 5.92 Å². The molecule has 0 spiro atoms. The van der Waals surface area contributed by atoms with Gasteiger partial charge < -0.3 is 0 Å². The van der Waals surface area contributed by atoms with Gasteiger partial charge in [-0.3, -0.25) is 10.4 Å². The van der Waals surface area contributed by atoms with Gasteiger partial charge >= 0.3 is 0 Å². The highest BCUT2D eigenvalue weighted by Crippen LogP contribution is 2.17. The fourth-order valence-electron chi connectivity index (χ4n) is 1.26. The molecule has 0 saturated carbocycles. The van der Waals surface area contributed by atoms with E-state index < -0.39 is 0 Å². The van der Waals surface area contributed by atoms with Crippen molar-refractivity contribution in [2.24, 2.45) is 16.0 Å². The number of allylic oxidation sites excluding steroid dienone is 2. The second kappa shape index (κ2) is 3.73. The van der Waals surface area contributed by atoms with Gasteiger partial charge in [-0.15, -0.1) is 0 Å². The Hall–Kier alpha value is -1.12. The number of hydrogen-bond acceptors (Lipinski definition) is 3. The summed E-state index contributed by atoms with van der Waals surface area (Å²) in [5.74, 6) is 0.528. The van der Waals surface area contributed by atoms with Crippen LogP contribution in [-0.4, -0.2) is 18.5 Å². The van der Waals surface area contributed by atoms with Crippen LogP contribution >= 0.6 is 0 Å². The van der Waals surface area contributed by atoms with E-state index in [1.54, 1.807) is 7.05 Å². The van der Waals surface area contributed by atoms with E-state index in [1.807, 2.05) is 6.92 Å². The molecule has 0 aromatic carbocycles. The maximum Gasteiger partial charge on any atom is 0.105 e. The molecule has 0 aliphatic carbocycles. The fourth-order valence-corrected chi connectivity index (χ4v) is 1.26. The van der Waals surface area contributed by atoms with E-state index in [0.29, 0.717) is 5.92 Å². The molecule has 1 aliphatic rings. The molecule has 72 valence electrons. The second-order valence-corrected chi connectivity index (χ2v) is 3.59. The van der Waals surface area contributed by atoms with Gasteiger partial charge in [0, 0.05) is 7.05 Å². The van der Waals surface area contributed by atoms with Crippen LogP contribution in [0.15, 0.2) is 21.4 Å². The van der Waals surface area contributed by atoms with Gasteiger partial charge in [-0.2, -0.15) is 5.10 Å². The van der Waals surface area contributed by atoms with Crippen molar-refractivity contribution >= 4 is 11.4 Å². The Morgan fingerprint density at radius 1 is 1.46 bits per heavy atom. The molecule has 0 radical (unpaired) electrons. The van der Waals surface area contributed by atoms with Crippen molar-refractivity contribution in [2.75, 3.05) is 7.05 Å². The zero-order valence-corrected chi connectivity index (χ0v) is 8.97. The van der Waals surface area contributed by atoms with Crippen LogP contribution in [0.1, 0.15) is 27.7 Å². The van der Waals surface area contributed by atoms with E-state index in [-0.39, 0.29) is 0 Å². The third-order valence-corrected chi connectivity index (χ3v) is 2.40. The molecule has 0 aromatic rings. The average molecular weight is 179 g/mol. The third kappa shape index (κ3) is 1.79. The normalized spacial score (nSPS) is 23.5. The molecule has 1 aliphatic heterocycles. The maximum atomic E-state index is 4.22. The van der Waals surface area contributed by atoms with Crippen LogP contribution in [0.5, 0.6) is 0 Å². The van der Waals surface area contributed by atoms with Crippen LogP contribution < -0.4 is 5.43 Å². The SMILES string of the molecule is CN=C1C(C)=NN/C1=C(/C)C(C)C. The molecule has 0 aromatic heterocycles. The first-order chi connectivity index (χ1) is 6.07. The lowest BCUT2D eigenvalue weighted by atomic mass is 10.00. The van der Waals surface area contributed by atoms with E-state index in [9.17, 15) is 0 Å². The average Bonchev–Trinajstić information content (AvgIpc) is 2.45. The first-order valence-corrected chi connectivity index (χ1v) is 4.56. The van der Waals surface area contributed by atoms with Crippen molar-refractivity contribution < 1.29 is 0 Å². The maximum absolute atomic E-state index is 4.22. The van der Waals surface area contributed by atoms with Crippen molar-refractivity contribution in [1.29, 1.82) is 0 Å². The van der Waals surface area contributed by atoms with Gasteiger partial charge in [0.2, 0.25) is 0 Å². The quantitative estimate of drug-likeness (QED) is 0.656. The van der Waals surface area contributed by atoms with Gasteiger partial charge in [-0.25, -0.2) is 0 Å². The van der Waals surface area contributed by atoms with Gasteiger partial charge in [-0.1, -0.05) is 13.8 Å². The molecule has 1 rings (SSSR count). The molecule has 1 N–H and O–H groups in total. The number of nitrogens with zero attached hydrogens (tertiary/aromatic N) is 2. The minimum absolute atomic E-state index is 0.528. The predicted octanol–water partition coefficient (Wildman–Crippen LogP) is 1.97. The van der Waals surface area contributed by atoms with Crippen LogP contribution in [0.3, 0.4) is 0 Å². The van der Waals surface area contributed by atoms with E-state index in [4.69, 9.17) is 0 Å². The van der Waals surface area contributed by atoms with Gasteiger partial charge in [-0.05, 0) is 25.3 Å². The first-order valence-electron chi connectivity index (χ1n) is 4.56. The third-order valence-electron chi connectivity index (χ3n) is 2.40. The molecule has 0 unspecified atom stereocenters. The molecule has 0 bridgehead atoms. The number of rotatable bonds is 1. The summed E-state index contributed by atoms with van der Waals surface area (Å²) in [6, 6.07) is 0. The fraction of sp³-hybridized carbons (Fsp3) is 0.600. The standard InChI is InChI=1S/C10H17N3/c1-6(2)7(3)9-10(11-5)8(4)12-13-9/h6,13H,1-5H3/b9-7-,11-10?. The zero-order valence-electron chi connectivity index (χ0n) is 8.97. The van der Waals surface area contributed by atoms with Crippen molar-refractivity contribution in [1.82, 2.24) is 5.43 Å². The van der Waals surface area contributed by atoms with Gasteiger partial charge in [0.15, 0.2) is 0 Å². The smallest absolute Gasteiger partial charge is 0.105 e. The molecular formula is C10H17N3. The zero-order chi connectivity index (χ0) is 10.0. The Balaban J connectivity index is 3.06. The van der Waals surface area contributed by atoms with Crippen LogP contribution in [0.2, 0.25) is 0 Å². The lowest BCUT2D eigenvalue weighted by Crippen LogP contribution is -2.14. The minimum atomic E-state index is 0.528. The number of nitrogens with one attached hydrogen (secondary N) is 1. The lowest BCUT2D eigenvalue weighted by molar-refractivity contribution is 0.745. The Labute approximate surface area is 79.6 Å². The number of hydrazone groups is 1. The lowest BCUT2D eigenvalue weighted by Gasteiger charge is -2.09. The van der Waals surface area contributed by atoms with E-state index in [1.165, 1.54) is 5.57 Å². The van der Waals surface area contributed by atoms with E-state index >= 15 is 0 Å². The first kappa shape index (κ1) is 9.96. The van der Waals surface area contributed by atoms with Gasteiger partial charge in [0.25, 0.3) is 0 Å². The summed E-state index contributed by atoms with van der Waals surface area (Å²) in [5.41, 5.74) is 7.37. The second-order valence-electron chi connectivity index (χ2n) is 3.59. The summed E-state index contributed by atoms with van der Waals surface area (Å²) in [6.45, 7) is 8.43. The summed E-state index contributed by atoms with van der Waals surface area (Å²) in [5, 5.41) is 4.15. The highest BCUT2D eigenvalue weighted by Gasteiger charge is 2.19. The summed E-state index contributed by atoms with van der Waals surface area (Å²) in [7, 11) is 1.80. The van der Waals surface area contributed by atoms with E-state index in [0.717, 1.165) is 17.1 Å². The van der Waals surface area contributed by atoms with Gasteiger partial charge in [0.1, 0.15) is 5.71 Å². The molecule has 0 amide bonds. The summed E-state index contributed by atoms with van der Waals surface area (Å²) >= 11 is 0. The van der Waals surface area contributed by atoms with Crippen LogP contribution in [0.25, 0.3) is 0 Å². The Morgan fingerprint density at radius 2 is 2.08 bits per heavy atom. The molecule has 0 fully saturated rings. The Bertz CT molecular complexity index is 295. The monoisotopic (exact) mass is 179 g/mol. The van der Waals surface area contributed by atoms with Crippen LogP contribution in [-0.2, 0) is 0 Å². The largest absolute Gasteiger partial charge is 0.284 e. The molecule has 3 nitrogen and oxygen atoms in total. The van der Waals surface area contributed by atoms with Crippen LogP contribution in [0.4, 0.5) is 0 Å². The van der Waals surface area contributed by atoms with Gasteiger partial charge in [0.05, 0.1) is 11.4 Å². The molecular weight excluding hydrogens is 162 g/mol. The van der Waals surface area contributed by atoms with Crippen molar-refractivity contribution in [3.05, 3.63) is 11.3 Å². The number of hydrogen-bond donors (Lipinski definition) is 1. The predicted molar refractivity (Wildman–Crippen MR) is 57.1 cm³/mol. The Morgan fingerprint density at radius 3 is 2.54 bits per heavy atom. The highest BCUT2D eigenvalue weighted by atomic mass is 15.3. The Kier molecular flexibility index (Phi) is 2.86. The molecule has 1 heterocycles. The summed E-state index contributed by atoms with van der Waals surface area (Å²) < 4.78 is 0. The van der Waals surface area contributed by atoms with E-state index in [2.05, 4.69) is 36.3 Å². The molecule has 13 heavy (non-hydrogen) atoms. The van der Waals surface area contributed by atoms with Crippen molar-refractivity contribution in [2.45, 2.75) is 27.7 Å². The van der Waals surface area contributed by atoms with Crippen molar-refractivity contribution in [3.8, 4) is 0 Å². The van der Waals surface area contributed by atoms with Crippen molar-refractivity contribution in [3.63, 3.8) is 0 Å². The topological polar surface area (TPSA) is 36.8 Å². The molecule has 3 heteroatoms.